The molecule has 0 radical (unpaired) electrons. The zero-order valence-electron chi connectivity index (χ0n) is 21.2. The quantitative estimate of drug-likeness (QED) is 0.281. The number of nitrogens with one attached hydrogen (secondary N) is 2. The molecule has 1 saturated heterocycles. The maximum absolute atomic E-state index is 13.3. The van der Waals surface area contributed by atoms with E-state index in [-0.39, 0.29) is 13.0 Å². The Labute approximate surface area is 221 Å². The summed E-state index contributed by atoms with van der Waals surface area (Å²) in [5.74, 6) is -1.68. The van der Waals surface area contributed by atoms with Crippen molar-refractivity contribution < 1.29 is 29.3 Å². The Bertz CT molecular complexity index is 1570. The van der Waals surface area contributed by atoms with Crippen LogP contribution in [0.1, 0.15) is 33.4 Å². The maximum atomic E-state index is 13.3. The van der Waals surface area contributed by atoms with Gasteiger partial charge in [0.1, 0.15) is 18.2 Å². The third-order valence-electron chi connectivity index (χ3n) is 7.02. The largest absolute Gasteiger partial charge is 0.394 e. The fourth-order valence-corrected chi connectivity index (χ4v) is 5.11. The molecule has 5 rings (SSSR count). The summed E-state index contributed by atoms with van der Waals surface area (Å²) < 4.78 is 6.56. The van der Waals surface area contributed by atoms with Crippen LogP contribution in [0.15, 0.2) is 52.2 Å². The molecule has 3 amide bonds. The lowest BCUT2D eigenvalue weighted by Gasteiger charge is -2.29. The van der Waals surface area contributed by atoms with E-state index in [0.29, 0.717) is 16.5 Å². The van der Waals surface area contributed by atoms with E-state index in [1.807, 2.05) is 25.1 Å². The van der Waals surface area contributed by atoms with E-state index >= 15 is 0 Å². The van der Waals surface area contributed by atoms with Crippen molar-refractivity contribution in [1.29, 1.82) is 0 Å². The minimum atomic E-state index is -1.38. The molecule has 13 heteroatoms. The van der Waals surface area contributed by atoms with Crippen LogP contribution >= 0.6 is 0 Å². The molecule has 2 aliphatic rings. The number of imide groups is 1. The number of benzene rings is 2. The van der Waals surface area contributed by atoms with Crippen molar-refractivity contribution in [3.8, 4) is 0 Å². The monoisotopic (exact) mass is 537 g/mol. The third-order valence-corrected chi connectivity index (χ3v) is 7.02. The van der Waals surface area contributed by atoms with Crippen molar-refractivity contribution in [3.63, 3.8) is 0 Å². The van der Waals surface area contributed by atoms with Gasteiger partial charge < -0.3 is 25.2 Å². The SMILES string of the molecule is CN(C)c1ccc2c3c(cccc13)C(=O)N(CCC(=O)N[C@@H]1[C@H](O)[C@@H](CO)O[C@H]1n1ccc(=O)[nH]c1=O)C2=O. The summed E-state index contributed by atoms with van der Waals surface area (Å²) >= 11 is 0. The number of carbonyl (C=O) groups is 3. The first-order valence-electron chi connectivity index (χ1n) is 12.3. The average Bonchev–Trinajstić information content (AvgIpc) is 3.21. The highest BCUT2D eigenvalue weighted by molar-refractivity contribution is 6.26. The lowest BCUT2D eigenvalue weighted by atomic mass is 9.92. The van der Waals surface area contributed by atoms with Gasteiger partial charge in [0.2, 0.25) is 5.91 Å². The number of carbonyl (C=O) groups excluding carboxylic acids is 3. The number of nitrogens with zero attached hydrogens (tertiary/aromatic N) is 3. The molecule has 2 aromatic carbocycles. The number of ether oxygens (including phenoxy) is 1. The molecule has 4 atom stereocenters. The number of aliphatic hydroxyl groups excluding tert-OH is 2. The van der Waals surface area contributed by atoms with Gasteiger partial charge in [0, 0.05) is 66.9 Å². The molecular formula is C26H27N5O8. The normalized spacial score (nSPS) is 22.4. The number of aromatic nitrogens is 2. The van der Waals surface area contributed by atoms with Crippen LogP contribution in [0.3, 0.4) is 0 Å². The van der Waals surface area contributed by atoms with Crippen molar-refractivity contribution in [1.82, 2.24) is 19.8 Å². The maximum Gasteiger partial charge on any atom is 0.330 e. The predicted octanol–water partition coefficient (Wildman–Crippen LogP) is -0.822. The van der Waals surface area contributed by atoms with Crippen LogP contribution in [0, 0.1) is 0 Å². The Morgan fingerprint density at radius 3 is 2.46 bits per heavy atom. The number of rotatable bonds is 7. The summed E-state index contributed by atoms with van der Waals surface area (Å²) in [5.41, 5.74) is 0.106. The van der Waals surface area contributed by atoms with E-state index in [4.69, 9.17) is 4.74 Å². The smallest absolute Gasteiger partial charge is 0.330 e. The standard InChI is InChI=1S/C26H27N5O8/c1-29(2)16-7-6-15-20-13(16)4-3-5-14(20)23(36)30(24(15)37)10-8-18(33)27-21-22(35)17(12-32)39-25(21)31-11-9-19(34)28-26(31)38/h3-7,9,11,17,21-22,25,32,35H,8,10,12H2,1-2H3,(H,27,33)(H,28,34,38)/t17-,21-,22-,25-/m1/s1. The molecule has 0 unspecified atom stereocenters. The Morgan fingerprint density at radius 1 is 1.08 bits per heavy atom. The zero-order valence-corrected chi connectivity index (χ0v) is 21.2. The molecule has 2 aliphatic heterocycles. The van der Waals surface area contributed by atoms with Crippen LogP contribution in [0.25, 0.3) is 10.8 Å². The Balaban J connectivity index is 1.34. The van der Waals surface area contributed by atoms with Crippen LogP contribution in [-0.2, 0) is 9.53 Å². The van der Waals surface area contributed by atoms with E-state index in [1.165, 1.54) is 0 Å². The third kappa shape index (κ3) is 4.50. The molecule has 13 nitrogen and oxygen atoms in total. The van der Waals surface area contributed by atoms with Gasteiger partial charge in [0.25, 0.3) is 17.4 Å². The van der Waals surface area contributed by atoms with Crippen molar-refractivity contribution >= 4 is 34.2 Å². The van der Waals surface area contributed by atoms with E-state index in [1.54, 1.807) is 24.3 Å². The van der Waals surface area contributed by atoms with Crippen LogP contribution in [0.5, 0.6) is 0 Å². The minimum Gasteiger partial charge on any atom is -0.394 e. The van der Waals surface area contributed by atoms with Gasteiger partial charge in [-0.1, -0.05) is 12.1 Å². The number of hydrogen-bond acceptors (Lipinski definition) is 9. The molecule has 3 aromatic rings. The summed E-state index contributed by atoms with van der Waals surface area (Å²) in [4.78, 5) is 68.2. The van der Waals surface area contributed by atoms with Crippen molar-refractivity contribution in [3.05, 3.63) is 74.6 Å². The molecule has 204 valence electrons. The van der Waals surface area contributed by atoms with Gasteiger partial charge in [-0.3, -0.25) is 33.6 Å². The molecule has 0 bridgehead atoms. The lowest BCUT2D eigenvalue weighted by Crippen LogP contribution is -2.49. The van der Waals surface area contributed by atoms with E-state index < -0.39 is 60.1 Å². The van der Waals surface area contributed by atoms with Crippen LogP contribution in [0.4, 0.5) is 5.69 Å². The van der Waals surface area contributed by atoms with E-state index in [0.717, 1.165) is 32.8 Å². The molecule has 3 heterocycles. The number of aromatic amines is 1. The van der Waals surface area contributed by atoms with Crippen LogP contribution < -0.4 is 21.5 Å². The van der Waals surface area contributed by atoms with Gasteiger partial charge in [-0.05, 0) is 18.2 Å². The number of H-pyrrole nitrogens is 1. The summed E-state index contributed by atoms with van der Waals surface area (Å²) in [6.45, 7) is -0.815. The van der Waals surface area contributed by atoms with Crippen LogP contribution in [0.2, 0.25) is 0 Å². The minimum absolute atomic E-state index is 0.231. The summed E-state index contributed by atoms with van der Waals surface area (Å²) in [6.07, 6.45) is -2.84. The molecule has 0 spiro atoms. The van der Waals surface area contributed by atoms with Gasteiger partial charge in [-0.2, -0.15) is 0 Å². The molecule has 4 N–H and O–H groups in total. The first-order valence-corrected chi connectivity index (χ1v) is 12.3. The first-order chi connectivity index (χ1) is 18.6. The molecule has 0 saturated carbocycles. The predicted molar refractivity (Wildman–Crippen MR) is 139 cm³/mol. The van der Waals surface area contributed by atoms with Gasteiger partial charge in [0.15, 0.2) is 6.23 Å². The van der Waals surface area contributed by atoms with E-state index in [2.05, 4.69) is 10.3 Å². The Hall–Kier alpha value is -4.33. The summed E-state index contributed by atoms with van der Waals surface area (Å²) in [7, 11) is 3.74. The first kappa shape index (κ1) is 26.3. The van der Waals surface area contributed by atoms with Crippen molar-refractivity contribution in [2.45, 2.75) is 30.9 Å². The number of aliphatic hydroxyl groups is 2. The summed E-state index contributed by atoms with van der Waals surface area (Å²) in [6, 6.07) is 8.61. The fourth-order valence-electron chi connectivity index (χ4n) is 5.11. The van der Waals surface area contributed by atoms with Gasteiger partial charge in [-0.15, -0.1) is 0 Å². The second kappa shape index (κ2) is 10.1. The van der Waals surface area contributed by atoms with E-state index in [9.17, 15) is 34.2 Å². The second-order valence-corrected chi connectivity index (χ2v) is 9.62. The molecule has 0 aliphatic carbocycles. The number of hydrogen-bond donors (Lipinski definition) is 4. The van der Waals surface area contributed by atoms with Gasteiger partial charge in [0.05, 0.1) is 6.61 Å². The average molecular weight is 538 g/mol. The van der Waals surface area contributed by atoms with Gasteiger partial charge >= 0.3 is 5.69 Å². The fraction of sp³-hybridized carbons (Fsp3) is 0.346. The Morgan fingerprint density at radius 2 is 1.79 bits per heavy atom. The molecule has 1 fully saturated rings. The number of anilines is 1. The van der Waals surface area contributed by atoms with Crippen LogP contribution in [-0.4, -0.2) is 87.9 Å². The topological polar surface area (TPSA) is 174 Å². The van der Waals surface area contributed by atoms with Gasteiger partial charge in [-0.25, -0.2) is 4.79 Å². The summed E-state index contributed by atoms with van der Waals surface area (Å²) in [5, 5.41) is 24.1. The second-order valence-electron chi connectivity index (χ2n) is 9.62. The molecule has 39 heavy (non-hydrogen) atoms. The highest BCUT2D eigenvalue weighted by Crippen LogP contribution is 2.35. The molecular weight excluding hydrogens is 510 g/mol. The van der Waals surface area contributed by atoms with Crippen molar-refractivity contribution in [2.75, 3.05) is 32.1 Å². The zero-order chi connectivity index (χ0) is 28.0. The highest BCUT2D eigenvalue weighted by atomic mass is 16.5. The highest BCUT2D eigenvalue weighted by Gasteiger charge is 2.45. The van der Waals surface area contributed by atoms with Crippen molar-refractivity contribution in [2.24, 2.45) is 0 Å². The lowest BCUT2D eigenvalue weighted by molar-refractivity contribution is -0.123. The number of amides is 3. The Kier molecular flexibility index (Phi) is 6.80. The molecule has 1 aromatic heterocycles.